The van der Waals surface area contributed by atoms with Crippen molar-refractivity contribution in [2.24, 2.45) is 0 Å². The van der Waals surface area contributed by atoms with Crippen molar-refractivity contribution in [3.05, 3.63) is 35.9 Å². The molecule has 2 bridgehead atoms. The van der Waals surface area contributed by atoms with Gasteiger partial charge in [0.2, 0.25) is 0 Å². The average Bonchev–Trinajstić information content (AvgIpc) is 2.74. The van der Waals surface area contributed by atoms with Gasteiger partial charge in [-0.25, -0.2) is 0 Å². The Morgan fingerprint density at radius 1 is 1.20 bits per heavy atom. The molecule has 3 rings (SSSR count). The third-order valence-corrected chi connectivity index (χ3v) is 6.53. The van der Waals surface area contributed by atoms with Crippen molar-refractivity contribution in [3.8, 4) is 0 Å². The fourth-order valence-corrected chi connectivity index (χ4v) is 4.80. The molecule has 2 saturated heterocycles. The molecule has 5 heteroatoms. The van der Waals surface area contributed by atoms with Crippen molar-refractivity contribution in [2.45, 2.75) is 69.7 Å². The first-order chi connectivity index (χ1) is 11.5. The number of benzene rings is 1. The van der Waals surface area contributed by atoms with Crippen molar-refractivity contribution in [1.29, 1.82) is 0 Å². The Balaban J connectivity index is 0.00000225. The van der Waals surface area contributed by atoms with Crippen LogP contribution in [0, 0.1) is 0 Å². The number of rotatable bonds is 5. The highest BCUT2D eigenvalue weighted by Gasteiger charge is 2.53. The second-order valence-electron chi connectivity index (χ2n) is 7.86. The third kappa shape index (κ3) is 3.79. The van der Waals surface area contributed by atoms with Crippen LogP contribution >= 0.6 is 17.0 Å². The number of hydrogen-bond donors (Lipinski definition) is 0. The van der Waals surface area contributed by atoms with E-state index in [1.54, 1.807) is 0 Å². The lowest BCUT2D eigenvalue weighted by Crippen LogP contribution is -2.62. The third-order valence-electron chi connectivity index (χ3n) is 6.53. The normalized spacial score (nSPS) is 32.1. The molecule has 0 aromatic heterocycles. The average molecular weight is 412 g/mol. The first kappa shape index (κ1) is 20.4. The summed E-state index contributed by atoms with van der Waals surface area (Å²) in [6, 6.07) is 11.0. The molecular weight excluding hydrogens is 382 g/mol. The van der Waals surface area contributed by atoms with E-state index in [9.17, 15) is 9.90 Å². The van der Waals surface area contributed by atoms with Crippen molar-refractivity contribution in [3.63, 3.8) is 0 Å². The van der Waals surface area contributed by atoms with E-state index in [4.69, 9.17) is 4.74 Å². The summed E-state index contributed by atoms with van der Waals surface area (Å²) in [7, 11) is 2.36. The lowest BCUT2D eigenvalue weighted by Gasteiger charge is -2.49. The molecule has 0 amide bonds. The van der Waals surface area contributed by atoms with Crippen LogP contribution in [-0.2, 0) is 9.53 Å². The molecule has 2 fully saturated rings. The number of fused-ring (bicyclic) bond motifs is 2. The topological polar surface area (TPSA) is 49.4 Å². The summed E-state index contributed by atoms with van der Waals surface area (Å²) in [5.41, 5.74) is 0.763. The Morgan fingerprint density at radius 2 is 1.76 bits per heavy atom. The highest BCUT2D eigenvalue weighted by molar-refractivity contribution is 8.93. The molecule has 25 heavy (non-hydrogen) atoms. The number of piperidine rings is 1. The van der Waals surface area contributed by atoms with Gasteiger partial charge in [-0.2, -0.15) is 0 Å². The van der Waals surface area contributed by atoms with Crippen LogP contribution in [0.3, 0.4) is 0 Å². The monoisotopic (exact) mass is 411 g/mol. The second kappa shape index (κ2) is 8.19. The Bertz CT molecular complexity index is 564. The smallest absolute Gasteiger partial charge is 0.312 e. The molecule has 1 aromatic rings. The maximum absolute atomic E-state index is 12.5. The number of esters is 1. The number of quaternary nitrogens is 1. The molecule has 0 radical (unpaired) electrons. The molecule has 2 heterocycles. The molecule has 0 aliphatic carbocycles. The first-order valence-corrected chi connectivity index (χ1v) is 9.15. The Morgan fingerprint density at radius 3 is 2.24 bits per heavy atom. The number of ether oxygens (including phenoxy) is 1. The number of carbonyl (C=O) groups is 1. The zero-order valence-electron chi connectivity index (χ0n) is 15.4. The van der Waals surface area contributed by atoms with E-state index in [0.717, 1.165) is 22.9 Å². The van der Waals surface area contributed by atoms with E-state index >= 15 is 0 Å². The van der Waals surface area contributed by atoms with Crippen molar-refractivity contribution >= 4 is 23.0 Å². The van der Waals surface area contributed by atoms with E-state index in [0.29, 0.717) is 18.1 Å². The fraction of sp³-hybridized carbons (Fsp3) is 0.650. The Labute approximate surface area is 161 Å². The zero-order chi connectivity index (χ0) is 17.3. The SMILES string of the molecule is Br.CC(C)[N+]1(C)[C@@H]2CC[C@@H]1CC(OC(=O)C(C[O-])c1ccccc1)C2. The van der Waals surface area contributed by atoms with E-state index in [2.05, 4.69) is 20.9 Å². The van der Waals surface area contributed by atoms with Crippen LogP contribution in [-0.4, -0.2) is 48.3 Å². The zero-order valence-corrected chi connectivity index (χ0v) is 17.1. The molecule has 3 atom stereocenters. The van der Waals surface area contributed by atoms with Crippen LogP contribution in [0.25, 0.3) is 0 Å². The van der Waals surface area contributed by atoms with Crippen LogP contribution in [0.4, 0.5) is 0 Å². The Hall–Kier alpha value is -0.910. The predicted octanol–water partition coefficient (Wildman–Crippen LogP) is 2.80. The van der Waals surface area contributed by atoms with Gasteiger partial charge in [-0.15, -0.1) is 23.6 Å². The molecule has 4 nitrogen and oxygen atoms in total. The summed E-state index contributed by atoms with van der Waals surface area (Å²) >= 11 is 0. The van der Waals surface area contributed by atoms with E-state index in [1.165, 1.54) is 12.8 Å². The Kier molecular flexibility index (Phi) is 6.68. The number of nitrogens with zero attached hydrogens (tertiary/aromatic N) is 1. The van der Waals surface area contributed by atoms with Gasteiger partial charge in [0, 0.05) is 25.7 Å². The maximum atomic E-state index is 12.5. The highest BCUT2D eigenvalue weighted by atomic mass is 79.9. The van der Waals surface area contributed by atoms with Crippen LogP contribution < -0.4 is 5.11 Å². The van der Waals surface area contributed by atoms with E-state index in [1.807, 2.05) is 30.3 Å². The lowest BCUT2D eigenvalue weighted by atomic mass is 9.94. The van der Waals surface area contributed by atoms with Crippen molar-refractivity contribution in [1.82, 2.24) is 0 Å². The summed E-state index contributed by atoms with van der Waals surface area (Å²) < 4.78 is 6.91. The lowest BCUT2D eigenvalue weighted by molar-refractivity contribution is -0.968. The molecule has 0 N–H and O–H groups in total. The largest absolute Gasteiger partial charge is 0.854 e. The van der Waals surface area contributed by atoms with E-state index in [-0.39, 0.29) is 29.1 Å². The quantitative estimate of drug-likeness (QED) is 0.552. The van der Waals surface area contributed by atoms with Gasteiger partial charge in [0.15, 0.2) is 0 Å². The standard InChI is InChI=1S/C20H29NO3.BrH/c1-14(2)21(3)16-9-10-17(21)12-18(11-16)24-20(23)19(13-22)15-7-5-4-6-8-15;/h4-8,14,16-19H,9-13H2,1-3H3;1H/t16-,17-,18?,19?,21?;/m1./s1. The van der Waals surface area contributed by atoms with Crippen LogP contribution in [0.1, 0.15) is 51.0 Å². The molecule has 2 aliphatic heterocycles. The number of carbonyl (C=O) groups excluding carboxylic acids is 1. The summed E-state index contributed by atoms with van der Waals surface area (Å²) in [6.45, 7) is 4.13. The fourth-order valence-electron chi connectivity index (χ4n) is 4.80. The van der Waals surface area contributed by atoms with E-state index < -0.39 is 12.5 Å². The minimum absolute atomic E-state index is 0. The molecule has 1 aromatic carbocycles. The van der Waals surface area contributed by atoms with Gasteiger partial charge < -0.3 is 14.3 Å². The molecule has 140 valence electrons. The molecule has 2 aliphatic rings. The van der Waals surface area contributed by atoms with Gasteiger partial charge in [0.1, 0.15) is 6.10 Å². The summed E-state index contributed by atoms with van der Waals surface area (Å²) in [4.78, 5) is 12.5. The maximum Gasteiger partial charge on any atom is 0.312 e. The summed E-state index contributed by atoms with van der Waals surface area (Å²) in [5.74, 6) is -1.03. The molecule has 0 spiro atoms. The highest BCUT2D eigenvalue weighted by Crippen LogP contribution is 2.44. The van der Waals surface area contributed by atoms with Gasteiger partial charge in [-0.1, -0.05) is 30.3 Å². The minimum Gasteiger partial charge on any atom is -0.854 e. The predicted molar refractivity (Wildman–Crippen MR) is 102 cm³/mol. The first-order valence-electron chi connectivity index (χ1n) is 9.15. The minimum atomic E-state index is -0.684. The van der Waals surface area contributed by atoms with Crippen LogP contribution in [0.5, 0.6) is 0 Å². The van der Waals surface area contributed by atoms with Crippen LogP contribution in [0.2, 0.25) is 0 Å². The number of hydrogen-bond acceptors (Lipinski definition) is 3. The van der Waals surface area contributed by atoms with Gasteiger partial charge in [0.25, 0.3) is 0 Å². The second-order valence-corrected chi connectivity index (χ2v) is 7.86. The van der Waals surface area contributed by atoms with Gasteiger partial charge in [-0.05, 0) is 19.4 Å². The van der Waals surface area contributed by atoms with Crippen molar-refractivity contribution in [2.75, 3.05) is 13.7 Å². The molecule has 1 unspecified atom stereocenters. The van der Waals surface area contributed by atoms with Crippen molar-refractivity contribution < 1.29 is 19.1 Å². The molecular formula is C20H30BrNO3. The summed E-state index contributed by atoms with van der Waals surface area (Å²) in [6.07, 6.45) is 4.26. The van der Waals surface area contributed by atoms with Gasteiger partial charge >= 0.3 is 5.97 Å². The van der Waals surface area contributed by atoms with Crippen LogP contribution in [0.15, 0.2) is 30.3 Å². The number of halogens is 1. The summed E-state index contributed by atoms with van der Waals surface area (Å²) in [5, 5.41) is 11.5. The molecule has 0 saturated carbocycles. The van der Waals surface area contributed by atoms with Gasteiger partial charge in [0.05, 0.1) is 31.1 Å². The van der Waals surface area contributed by atoms with Gasteiger partial charge in [-0.3, -0.25) is 4.79 Å².